The minimum absolute atomic E-state index is 0.505. The summed E-state index contributed by atoms with van der Waals surface area (Å²) in [5.74, 6) is -1.18. The van der Waals surface area contributed by atoms with Crippen LogP contribution in [0.3, 0.4) is 0 Å². The van der Waals surface area contributed by atoms with E-state index >= 15 is 0 Å². The van der Waals surface area contributed by atoms with Crippen LogP contribution in [0.15, 0.2) is 36.9 Å². The van der Waals surface area contributed by atoms with Gasteiger partial charge in [0.25, 0.3) is 0 Å². The van der Waals surface area contributed by atoms with Gasteiger partial charge in [0.1, 0.15) is 6.04 Å². The van der Waals surface area contributed by atoms with Crippen LogP contribution in [0.25, 0.3) is 5.57 Å². The summed E-state index contributed by atoms with van der Waals surface area (Å²) in [6.45, 7) is 5.33. The summed E-state index contributed by atoms with van der Waals surface area (Å²) in [5.41, 5.74) is 7.11. The summed E-state index contributed by atoms with van der Waals surface area (Å²) < 4.78 is 0. The zero-order chi connectivity index (χ0) is 12.6. The zero-order valence-corrected chi connectivity index (χ0v) is 9.26. The molecular formula is C12H17NO3. The molecule has 1 rings (SSSR count). The van der Waals surface area contributed by atoms with Gasteiger partial charge in [-0.2, -0.15) is 0 Å². The van der Waals surface area contributed by atoms with Crippen molar-refractivity contribution in [2.45, 2.75) is 13.0 Å². The second-order valence-corrected chi connectivity index (χ2v) is 3.27. The van der Waals surface area contributed by atoms with Gasteiger partial charge in [0.05, 0.1) is 6.61 Å². The Bertz CT molecular complexity index is 335. The van der Waals surface area contributed by atoms with E-state index in [4.69, 9.17) is 15.9 Å². The third-order valence-electron chi connectivity index (χ3n) is 1.78. The lowest BCUT2D eigenvalue weighted by Crippen LogP contribution is -2.33. The van der Waals surface area contributed by atoms with Crippen molar-refractivity contribution in [1.29, 1.82) is 0 Å². The molecule has 0 heterocycles. The van der Waals surface area contributed by atoms with Gasteiger partial charge in [-0.3, -0.25) is 4.79 Å². The van der Waals surface area contributed by atoms with Crippen LogP contribution in [0, 0.1) is 0 Å². The number of carboxylic acids is 1. The van der Waals surface area contributed by atoms with Gasteiger partial charge in [0.15, 0.2) is 0 Å². The number of aliphatic hydroxyl groups is 1. The first-order valence-electron chi connectivity index (χ1n) is 4.79. The third kappa shape index (κ3) is 5.95. The molecule has 16 heavy (non-hydrogen) atoms. The number of aliphatic carboxylic acids is 1. The van der Waals surface area contributed by atoms with E-state index in [0.29, 0.717) is 0 Å². The number of benzene rings is 1. The number of carbonyl (C=O) groups is 1. The van der Waals surface area contributed by atoms with Gasteiger partial charge < -0.3 is 15.9 Å². The van der Waals surface area contributed by atoms with Gasteiger partial charge >= 0.3 is 5.97 Å². The number of hydrogen-bond donors (Lipinski definition) is 3. The molecule has 0 aromatic heterocycles. The topological polar surface area (TPSA) is 83.5 Å². The van der Waals surface area contributed by atoms with Crippen molar-refractivity contribution in [3.8, 4) is 0 Å². The molecule has 0 aliphatic carbocycles. The Hall–Kier alpha value is -1.65. The molecule has 1 atom stereocenters. The highest BCUT2D eigenvalue weighted by atomic mass is 16.4. The molecule has 4 N–H and O–H groups in total. The molecule has 88 valence electrons. The van der Waals surface area contributed by atoms with E-state index in [-0.39, 0.29) is 0 Å². The highest BCUT2D eigenvalue weighted by Gasteiger charge is 2.06. The van der Waals surface area contributed by atoms with Gasteiger partial charge in [-0.05, 0) is 12.5 Å². The van der Waals surface area contributed by atoms with Crippen LogP contribution >= 0.6 is 0 Å². The third-order valence-corrected chi connectivity index (χ3v) is 1.78. The Kier molecular flexibility index (Phi) is 6.83. The molecule has 0 aliphatic heterocycles. The van der Waals surface area contributed by atoms with E-state index in [1.165, 1.54) is 5.56 Å². The van der Waals surface area contributed by atoms with Crippen LogP contribution in [0.1, 0.15) is 12.5 Å². The standard InChI is InChI=1S/C9H10.C3H7NO3/c1-8(2)9-6-4-3-5-7-9;4-2(1-5)3(6)7/h3-7H,1H2,2H3;2,5H,1,4H2,(H,6,7). The van der Waals surface area contributed by atoms with E-state index in [9.17, 15) is 4.79 Å². The van der Waals surface area contributed by atoms with Crippen LogP contribution in [-0.4, -0.2) is 28.8 Å². The van der Waals surface area contributed by atoms with Crippen LogP contribution < -0.4 is 5.73 Å². The zero-order valence-electron chi connectivity index (χ0n) is 9.26. The fourth-order valence-electron chi connectivity index (χ4n) is 0.801. The minimum Gasteiger partial charge on any atom is -0.480 e. The Morgan fingerprint density at radius 2 is 1.94 bits per heavy atom. The van der Waals surface area contributed by atoms with Gasteiger partial charge in [0, 0.05) is 0 Å². The quantitative estimate of drug-likeness (QED) is 0.716. The molecule has 0 aliphatic rings. The van der Waals surface area contributed by atoms with Crippen LogP contribution in [0.2, 0.25) is 0 Å². The summed E-state index contributed by atoms with van der Waals surface area (Å²) >= 11 is 0. The largest absolute Gasteiger partial charge is 0.480 e. The van der Waals surface area contributed by atoms with E-state index in [1.54, 1.807) is 0 Å². The van der Waals surface area contributed by atoms with E-state index in [0.717, 1.165) is 5.57 Å². The fraction of sp³-hybridized carbons (Fsp3) is 0.250. The summed E-state index contributed by atoms with van der Waals surface area (Å²) in [4.78, 5) is 9.65. The lowest BCUT2D eigenvalue weighted by molar-refractivity contribution is -0.139. The molecule has 1 aromatic rings. The van der Waals surface area contributed by atoms with Crippen molar-refractivity contribution in [2.75, 3.05) is 6.61 Å². The van der Waals surface area contributed by atoms with Crippen LogP contribution in [-0.2, 0) is 4.79 Å². The number of carboxylic acid groups (broad SMARTS) is 1. The number of hydrogen-bond acceptors (Lipinski definition) is 3. The second-order valence-electron chi connectivity index (χ2n) is 3.27. The maximum atomic E-state index is 9.65. The number of nitrogens with two attached hydrogens (primary N) is 1. The van der Waals surface area contributed by atoms with Gasteiger partial charge in [0.2, 0.25) is 0 Å². The molecule has 4 nitrogen and oxygen atoms in total. The predicted molar refractivity (Wildman–Crippen MR) is 63.8 cm³/mol. The molecule has 0 spiro atoms. The summed E-state index contributed by atoms with van der Waals surface area (Å²) in [7, 11) is 0. The Labute approximate surface area is 95.0 Å². The van der Waals surface area contributed by atoms with Crippen molar-refractivity contribution in [3.05, 3.63) is 42.5 Å². The summed E-state index contributed by atoms with van der Waals surface area (Å²) in [6.07, 6.45) is 0. The fourth-order valence-corrected chi connectivity index (χ4v) is 0.801. The molecule has 4 heteroatoms. The average Bonchev–Trinajstić information content (AvgIpc) is 2.29. The SMILES string of the molecule is C=C(C)c1ccccc1.NC(CO)C(=O)O. The van der Waals surface area contributed by atoms with Gasteiger partial charge in [-0.1, -0.05) is 42.5 Å². The molecule has 1 aromatic carbocycles. The van der Waals surface area contributed by atoms with Gasteiger partial charge in [-0.25, -0.2) is 0 Å². The summed E-state index contributed by atoms with van der Waals surface area (Å²) in [6, 6.07) is 9.03. The average molecular weight is 223 g/mol. The molecule has 1 unspecified atom stereocenters. The number of allylic oxidation sites excluding steroid dienone is 1. The lowest BCUT2D eigenvalue weighted by atomic mass is 10.1. The van der Waals surface area contributed by atoms with Crippen molar-refractivity contribution in [3.63, 3.8) is 0 Å². The Morgan fingerprint density at radius 1 is 1.44 bits per heavy atom. The molecule has 0 saturated carbocycles. The Balaban J connectivity index is 0.000000293. The maximum Gasteiger partial charge on any atom is 0.322 e. The highest BCUT2D eigenvalue weighted by molar-refractivity contribution is 5.73. The van der Waals surface area contributed by atoms with Crippen molar-refractivity contribution >= 4 is 11.5 Å². The number of aliphatic hydroxyl groups excluding tert-OH is 1. The molecule has 0 radical (unpaired) electrons. The van der Waals surface area contributed by atoms with Gasteiger partial charge in [-0.15, -0.1) is 0 Å². The molecule has 0 fully saturated rings. The molecule has 0 bridgehead atoms. The smallest absolute Gasteiger partial charge is 0.322 e. The molecule has 0 amide bonds. The van der Waals surface area contributed by atoms with Crippen LogP contribution in [0.4, 0.5) is 0 Å². The highest BCUT2D eigenvalue weighted by Crippen LogP contribution is 2.08. The first-order chi connectivity index (χ1) is 7.49. The first kappa shape index (κ1) is 14.3. The minimum atomic E-state index is -1.18. The lowest BCUT2D eigenvalue weighted by Gasteiger charge is -1.96. The molecule has 0 saturated heterocycles. The van der Waals surface area contributed by atoms with E-state index in [1.807, 2.05) is 25.1 Å². The van der Waals surface area contributed by atoms with E-state index < -0.39 is 18.6 Å². The summed E-state index contributed by atoms with van der Waals surface area (Å²) in [5, 5.41) is 15.9. The second kappa shape index (κ2) is 7.62. The monoisotopic (exact) mass is 223 g/mol. The van der Waals surface area contributed by atoms with Crippen molar-refractivity contribution in [2.24, 2.45) is 5.73 Å². The first-order valence-corrected chi connectivity index (χ1v) is 4.79. The maximum absolute atomic E-state index is 9.65. The van der Waals surface area contributed by atoms with E-state index in [2.05, 4.69) is 18.7 Å². The van der Waals surface area contributed by atoms with Crippen LogP contribution in [0.5, 0.6) is 0 Å². The molecular weight excluding hydrogens is 206 g/mol. The van der Waals surface area contributed by atoms with Crippen molar-refractivity contribution in [1.82, 2.24) is 0 Å². The van der Waals surface area contributed by atoms with Crippen molar-refractivity contribution < 1.29 is 15.0 Å². The Morgan fingerprint density at radius 3 is 2.12 bits per heavy atom. The predicted octanol–water partition coefficient (Wildman–Crippen LogP) is 1.11. The number of rotatable bonds is 3. The normalized spacial score (nSPS) is 10.9.